The van der Waals surface area contributed by atoms with Crippen molar-refractivity contribution in [1.82, 2.24) is 9.97 Å². The molecule has 3 rings (SSSR count). The van der Waals surface area contributed by atoms with E-state index in [0.29, 0.717) is 34.0 Å². The van der Waals surface area contributed by atoms with E-state index in [1.54, 1.807) is 33.1 Å². The van der Waals surface area contributed by atoms with Gasteiger partial charge in [-0.05, 0) is 53.7 Å². The minimum absolute atomic E-state index is 0.00216. The van der Waals surface area contributed by atoms with E-state index in [-0.39, 0.29) is 12.2 Å². The topological polar surface area (TPSA) is 85.7 Å². The molecule has 0 aliphatic heterocycles. The smallest absolute Gasteiger partial charge is 0.303 e. The van der Waals surface area contributed by atoms with Crippen LogP contribution in [0.5, 0.6) is 11.5 Å². The van der Waals surface area contributed by atoms with E-state index in [9.17, 15) is 13.9 Å². The van der Waals surface area contributed by atoms with E-state index in [1.165, 1.54) is 19.2 Å². The van der Waals surface area contributed by atoms with Crippen LogP contribution in [0, 0.1) is 12.7 Å². The molecule has 7 nitrogen and oxygen atoms in total. The van der Waals surface area contributed by atoms with Crippen molar-refractivity contribution in [2.75, 3.05) is 26.1 Å². The molecule has 2 aromatic carbocycles. The molecule has 1 atom stereocenters. The number of fused-ring (bicyclic) bond motifs is 1. The maximum absolute atomic E-state index is 15.3. The van der Waals surface area contributed by atoms with Crippen LogP contribution in [0.25, 0.3) is 10.9 Å². The molecule has 0 aliphatic rings. The molecule has 0 amide bonds. The van der Waals surface area contributed by atoms with E-state index in [4.69, 9.17) is 14.2 Å². The molecule has 0 saturated heterocycles. The molecule has 0 unspecified atom stereocenters. The summed E-state index contributed by atoms with van der Waals surface area (Å²) in [7, 11) is 3.11. The lowest BCUT2D eigenvalue weighted by Gasteiger charge is -2.30. The molecule has 2 N–H and O–H groups in total. The van der Waals surface area contributed by atoms with Crippen LogP contribution in [0.3, 0.4) is 0 Å². The maximum Gasteiger partial charge on any atom is 0.303 e. The molecule has 0 bridgehead atoms. The highest BCUT2D eigenvalue weighted by molar-refractivity contribution is 5.92. The molecular formula is C27H34F3N3O4. The lowest BCUT2D eigenvalue weighted by molar-refractivity contribution is -0.170. The van der Waals surface area contributed by atoms with Gasteiger partial charge in [-0.2, -0.15) is 8.78 Å². The summed E-state index contributed by atoms with van der Waals surface area (Å²) in [5.41, 5.74) is -3.32. The van der Waals surface area contributed by atoms with E-state index in [0.717, 1.165) is 19.9 Å². The van der Waals surface area contributed by atoms with E-state index < -0.39 is 34.5 Å². The number of benzene rings is 2. The second kappa shape index (κ2) is 10.3. The molecule has 3 aromatic rings. The lowest BCUT2D eigenvalue weighted by atomic mass is 9.91. The van der Waals surface area contributed by atoms with Gasteiger partial charge in [0.25, 0.3) is 0 Å². The molecule has 1 aromatic heterocycles. The highest BCUT2D eigenvalue weighted by Crippen LogP contribution is 2.42. The van der Waals surface area contributed by atoms with Gasteiger partial charge in [0.15, 0.2) is 11.5 Å². The SMILES string of the molecule is COc1cc2nc(C)nc(N[C@H](C)c3cccc(C(F)(F)C(C)(C)O)c3F)c2cc1OCC(C)(C)OC. The van der Waals surface area contributed by atoms with Gasteiger partial charge in [0.1, 0.15) is 29.7 Å². The molecule has 0 spiro atoms. The largest absolute Gasteiger partial charge is 0.493 e. The standard InChI is InChI=1S/C27H34F3N3O4/c1-15(17-10-9-11-19(23(17)28)27(29,30)26(5,6)34)31-24-18-12-22(37-14-25(3,4)36-8)21(35-7)13-20(18)32-16(2)33-24/h9-13,15,34H,14H2,1-8H3,(H,31,32,33)/t15-/m1/s1. The van der Waals surface area contributed by atoms with Crippen LogP contribution in [0.2, 0.25) is 0 Å². The highest BCUT2D eigenvalue weighted by atomic mass is 19.3. The van der Waals surface area contributed by atoms with Gasteiger partial charge in [-0.25, -0.2) is 14.4 Å². The third kappa shape index (κ3) is 5.91. The van der Waals surface area contributed by atoms with Crippen molar-refractivity contribution in [3.8, 4) is 11.5 Å². The first-order valence-electron chi connectivity index (χ1n) is 11.8. The third-order valence-corrected chi connectivity index (χ3v) is 6.18. The van der Waals surface area contributed by atoms with Crippen molar-refractivity contribution in [2.24, 2.45) is 0 Å². The summed E-state index contributed by atoms with van der Waals surface area (Å²) < 4.78 is 61.8. The molecule has 0 fully saturated rings. The number of anilines is 1. The van der Waals surface area contributed by atoms with E-state index >= 15 is 4.39 Å². The Hall–Kier alpha value is -3.11. The van der Waals surface area contributed by atoms with Gasteiger partial charge in [-0.15, -0.1) is 0 Å². The molecule has 0 radical (unpaired) electrons. The van der Waals surface area contributed by atoms with Crippen LogP contribution in [-0.2, 0) is 10.7 Å². The Bertz CT molecular complexity index is 1280. The number of aliphatic hydroxyl groups is 1. The number of ether oxygens (including phenoxy) is 3. The maximum atomic E-state index is 15.3. The summed E-state index contributed by atoms with van der Waals surface area (Å²) in [6.45, 7) is 9.23. The molecule has 1 heterocycles. The number of aryl methyl sites for hydroxylation is 1. The van der Waals surface area contributed by atoms with Crippen LogP contribution in [0.1, 0.15) is 57.6 Å². The predicted octanol–water partition coefficient (Wildman–Crippen LogP) is 5.93. The van der Waals surface area contributed by atoms with Gasteiger partial charge < -0.3 is 24.6 Å². The molecule has 10 heteroatoms. The normalized spacial score (nSPS) is 13.5. The quantitative estimate of drug-likeness (QED) is 0.342. The minimum Gasteiger partial charge on any atom is -0.493 e. The first-order chi connectivity index (χ1) is 17.1. The van der Waals surface area contributed by atoms with Crippen molar-refractivity contribution in [3.63, 3.8) is 0 Å². The van der Waals surface area contributed by atoms with Crippen molar-refractivity contribution >= 4 is 16.7 Å². The first-order valence-corrected chi connectivity index (χ1v) is 11.8. The van der Waals surface area contributed by atoms with Crippen LogP contribution in [0.15, 0.2) is 30.3 Å². The number of methoxy groups -OCH3 is 2. The Kier molecular flexibility index (Phi) is 7.95. The average molecular weight is 522 g/mol. The summed E-state index contributed by atoms with van der Waals surface area (Å²) in [6, 6.07) is 6.39. The zero-order chi connectivity index (χ0) is 27.8. The Labute approximate surface area is 215 Å². The fraction of sp³-hybridized carbons (Fsp3) is 0.481. The Morgan fingerprint density at radius 1 is 1.05 bits per heavy atom. The zero-order valence-electron chi connectivity index (χ0n) is 22.4. The third-order valence-electron chi connectivity index (χ3n) is 6.18. The summed E-state index contributed by atoms with van der Waals surface area (Å²) in [4.78, 5) is 8.94. The number of nitrogens with one attached hydrogen (secondary N) is 1. The van der Waals surface area contributed by atoms with E-state index in [2.05, 4.69) is 15.3 Å². The Morgan fingerprint density at radius 3 is 2.32 bits per heavy atom. The van der Waals surface area contributed by atoms with Crippen molar-refractivity contribution < 1.29 is 32.5 Å². The van der Waals surface area contributed by atoms with Gasteiger partial charge >= 0.3 is 5.92 Å². The monoisotopic (exact) mass is 521 g/mol. The highest BCUT2D eigenvalue weighted by Gasteiger charge is 2.49. The van der Waals surface area contributed by atoms with Crippen LogP contribution in [0.4, 0.5) is 19.0 Å². The zero-order valence-corrected chi connectivity index (χ0v) is 22.4. The number of halogens is 3. The van der Waals surface area contributed by atoms with Gasteiger partial charge in [-0.3, -0.25) is 0 Å². The summed E-state index contributed by atoms with van der Waals surface area (Å²) in [6.07, 6.45) is 0. The van der Waals surface area contributed by atoms with Crippen molar-refractivity contribution in [2.45, 2.75) is 64.7 Å². The summed E-state index contributed by atoms with van der Waals surface area (Å²) in [5, 5.41) is 13.6. The van der Waals surface area contributed by atoms with Gasteiger partial charge in [0, 0.05) is 24.1 Å². The number of alkyl halides is 2. The molecule has 202 valence electrons. The average Bonchev–Trinajstić information content (AvgIpc) is 2.81. The predicted molar refractivity (Wildman–Crippen MR) is 136 cm³/mol. The van der Waals surface area contributed by atoms with Crippen molar-refractivity contribution in [1.29, 1.82) is 0 Å². The molecule has 0 saturated carbocycles. The fourth-order valence-corrected chi connectivity index (χ4v) is 3.68. The molecule has 0 aliphatic carbocycles. The lowest BCUT2D eigenvalue weighted by Crippen LogP contribution is -2.41. The minimum atomic E-state index is -3.80. The van der Waals surface area contributed by atoms with Gasteiger partial charge in [0.2, 0.25) is 0 Å². The number of hydrogen-bond donors (Lipinski definition) is 2. The van der Waals surface area contributed by atoms with E-state index in [1.807, 2.05) is 13.8 Å². The second-order valence-electron chi connectivity index (χ2n) is 10.1. The van der Waals surface area contributed by atoms with Crippen LogP contribution in [-0.4, -0.2) is 47.1 Å². The van der Waals surface area contributed by atoms with Crippen LogP contribution >= 0.6 is 0 Å². The number of rotatable bonds is 10. The first kappa shape index (κ1) is 28.5. The van der Waals surface area contributed by atoms with Gasteiger partial charge in [0.05, 0.1) is 29.8 Å². The van der Waals surface area contributed by atoms with Crippen molar-refractivity contribution in [3.05, 3.63) is 53.1 Å². The number of nitrogens with zero attached hydrogens (tertiary/aromatic N) is 2. The van der Waals surface area contributed by atoms with Crippen LogP contribution < -0.4 is 14.8 Å². The Balaban J connectivity index is 2.04. The Morgan fingerprint density at radius 2 is 1.73 bits per heavy atom. The molecular weight excluding hydrogens is 487 g/mol. The van der Waals surface area contributed by atoms with Gasteiger partial charge in [-0.1, -0.05) is 12.1 Å². The number of aromatic nitrogens is 2. The fourth-order valence-electron chi connectivity index (χ4n) is 3.68. The summed E-state index contributed by atoms with van der Waals surface area (Å²) >= 11 is 0. The number of hydrogen-bond acceptors (Lipinski definition) is 7. The second-order valence-corrected chi connectivity index (χ2v) is 10.1. The summed E-state index contributed by atoms with van der Waals surface area (Å²) in [5.74, 6) is -3.19. The molecule has 37 heavy (non-hydrogen) atoms.